The molecule has 0 spiro atoms. The molecule has 0 aliphatic heterocycles. The largest absolute Gasteiger partial charge is 0.330 e. The quantitative estimate of drug-likeness (QED) is 0.651. The van der Waals surface area contributed by atoms with Crippen molar-refractivity contribution in [3.63, 3.8) is 0 Å². The molecule has 14 heavy (non-hydrogen) atoms. The van der Waals surface area contributed by atoms with Crippen LogP contribution in [0.25, 0.3) is 0 Å². The third-order valence-electron chi connectivity index (χ3n) is 2.89. The van der Waals surface area contributed by atoms with E-state index in [-0.39, 0.29) is 0 Å². The van der Waals surface area contributed by atoms with E-state index in [0.717, 1.165) is 31.5 Å². The van der Waals surface area contributed by atoms with Crippen LogP contribution in [0.3, 0.4) is 0 Å². The predicted molar refractivity (Wildman–Crippen MR) is 64.4 cm³/mol. The van der Waals surface area contributed by atoms with Crippen LogP contribution in [0.2, 0.25) is 0 Å². The number of hydrogen-bond acceptors (Lipinski definition) is 2. The van der Waals surface area contributed by atoms with Gasteiger partial charge in [-0.3, -0.25) is 0 Å². The molecular weight excluding hydrogens is 172 g/mol. The van der Waals surface area contributed by atoms with Crippen LogP contribution in [0.4, 0.5) is 0 Å². The van der Waals surface area contributed by atoms with Crippen LogP contribution in [0, 0.1) is 11.8 Å². The van der Waals surface area contributed by atoms with Crippen LogP contribution >= 0.6 is 0 Å². The minimum atomic E-state index is 0.718. The Morgan fingerprint density at radius 3 is 2.07 bits per heavy atom. The fraction of sp³-hybridized carbons (Fsp3) is 1.00. The van der Waals surface area contributed by atoms with Gasteiger partial charge in [0, 0.05) is 0 Å². The zero-order chi connectivity index (χ0) is 11.0. The van der Waals surface area contributed by atoms with E-state index in [1.807, 2.05) is 0 Å². The Kier molecular flexibility index (Phi) is 8.20. The zero-order valence-electron chi connectivity index (χ0n) is 10.4. The summed E-state index contributed by atoms with van der Waals surface area (Å²) in [6.45, 7) is 13.4. The Morgan fingerprint density at radius 2 is 1.71 bits per heavy atom. The number of nitrogens with zero attached hydrogens (tertiary/aromatic N) is 1. The highest BCUT2D eigenvalue weighted by Crippen LogP contribution is 2.14. The summed E-state index contributed by atoms with van der Waals surface area (Å²) in [6.07, 6.45) is 2.54. The summed E-state index contributed by atoms with van der Waals surface area (Å²) in [6, 6.07) is 0. The molecule has 0 rings (SSSR count). The minimum Gasteiger partial charge on any atom is -0.330 e. The van der Waals surface area contributed by atoms with Gasteiger partial charge >= 0.3 is 0 Å². The maximum Gasteiger partial charge on any atom is -0.00159 e. The fourth-order valence-electron chi connectivity index (χ4n) is 1.90. The van der Waals surface area contributed by atoms with Crippen LogP contribution in [0.1, 0.15) is 40.5 Å². The molecule has 1 atom stereocenters. The molecule has 0 aromatic rings. The fourth-order valence-corrected chi connectivity index (χ4v) is 1.90. The first-order chi connectivity index (χ1) is 6.63. The van der Waals surface area contributed by atoms with E-state index in [2.05, 4.69) is 32.6 Å². The van der Waals surface area contributed by atoms with E-state index in [9.17, 15) is 0 Å². The van der Waals surface area contributed by atoms with E-state index < -0.39 is 0 Å². The third kappa shape index (κ3) is 6.39. The van der Waals surface area contributed by atoms with Gasteiger partial charge < -0.3 is 10.6 Å². The van der Waals surface area contributed by atoms with Gasteiger partial charge in [0.1, 0.15) is 0 Å². The Labute approximate surface area is 89.9 Å². The van der Waals surface area contributed by atoms with Crippen molar-refractivity contribution >= 4 is 0 Å². The van der Waals surface area contributed by atoms with E-state index in [4.69, 9.17) is 5.73 Å². The van der Waals surface area contributed by atoms with Gasteiger partial charge in [0.25, 0.3) is 0 Å². The predicted octanol–water partition coefficient (Wildman–Crippen LogP) is 2.34. The highest BCUT2D eigenvalue weighted by molar-refractivity contribution is 4.65. The van der Waals surface area contributed by atoms with Gasteiger partial charge in [-0.15, -0.1) is 0 Å². The Bertz CT molecular complexity index is 119. The molecule has 0 aliphatic rings. The number of nitrogens with two attached hydrogens (primary N) is 1. The summed E-state index contributed by atoms with van der Waals surface area (Å²) in [5, 5.41) is 0. The molecule has 0 aromatic heterocycles. The van der Waals surface area contributed by atoms with E-state index in [0.29, 0.717) is 0 Å². The normalized spacial score (nSPS) is 13.9. The van der Waals surface area contributed by atoms with Crippen molar-refractivity contribution in [1.82, 2.24) is 4.90 Å². The van der Waals surface area contributed by atoms with Crippen LogP contribution in [-0.4, -0.2) is 31.1 Å². The lowest BCUT2D eigenvalue weighted by Crippen LogP contribution is -2.28. The van der Waals surface area contributed by atoms with Crippen molar-refractivity contribution in [2.45, 2.75) is 40.5 Å². The van der Waals surface area contributed by atoms with Gasteiger partial charge in [-0.2, -0.15) is 0 Å². The average molecular weight is 200 g/mol. The number of hydrogen-bond donors (Lipinski definition) is 1. The highest BCUT2D eigenvalue weighted by atomic mass is 15.1. The first kappa shape index (κ1) is 13.9. The van der Waals surface area contributed by atoms with Crippen molar-refractivity contribution < 1.29 is 0 Å². The standard InChI is InChI=1S/C12H28N2/c1-5-14(6-2)8-7-12(10-13)9-11(3)4/h11-12H,5-10,13H2,1-4H3. The maximum absolute atomic E-state index is 5.77. The van der Waals surface area contributed by atoms with Crippen LogP contribution in [-0.2, 0) is 0 Å². The van der Waals surface area contributed by atoms with E-state index in [1.54, 1.807) is 0 Å². The Morgan fingerprint density at radius 1 is 1.14 bits per heavy atom. The monoisotopic (exact) mass is 200 g/mol. The van der Waals surface area contributed by atoms with Crippen LogP contribution < -0.4 is 5.73 Å². The van der Waals surface area contributed by atoms with Crippen LogP contribution in [0.5, 0.6) is 0 Å². The topological polar surface area (TPSA) is 29.3 Å². The molecule has 2 nitrogen and oxygen atoms in total. The molecule has 0 saturated carbocycles. The average Bonchev–Trinajstić information content (AvgIpc) is 2.17. The lowest BCUT2D eigenvalue weighted by atomic mass is 9.94. The van der Waals surface area contributed by atoms with E-state index in [1.165, 1.54) is 19.4 Å². The molecular formula is C12H28N2. The minimum absolute atomic E-state index is 0.718. The van der Waals surface area contributed by atoms with Crippen molar-refractivity contribution in [2.75, 3.05) is 26.2 Å². The van der Waals surface area contributed by atoms with Gasteiger partial charge in [-0.25, -0.2) is 0 Å². The molecule has 0 amide bonds. The van der Waals surface area contributed by atoms with Gasteiger partial charge in [-0.1, -0.05) is 27.7 Å². The second-order valence-electron chi connectivity index (χ2n) is 4.55. The second-order valence-corrected chi connectivity index (χ2v) is 4.55. The molecule has 2 N–H and O–H groups in total. The molecule has 0 fully saturated rings. The summed E-state index contributed by atoms with van der Waals surface area (Å²) in [5.41, 5.74) is 5.77. The Hall–Kier alpha value is -0.0800. The van der Waals surface area contributed by atoms with Crippen molar-refractivity contribution in [3.05, 3.63) is 0 Å². The van der Waals surface area contributed by atoms with Crippen LogP contribution in [0.15, 0.2) is 0 Å². The van der Waals surface area contributed by atoms with Gasteiger partial charge in [0.2, 0.25) is 0 Å². The molecule has 0 saturated heterocycles. The maximum atomic E-state index is 5.77. The molecule has 1 unspecified atom stereocenters. The second kappa shape index (κ2) is 8.25. The first-order valence-electron chi connectivity index (χ1n) is 6.06. The number of rotatable bonds is 8. The van der Waals surface area contributed by atoms with Crippen molar-refractivity contribution in [2.24, 2.45) is 17.6 Å². The van der Waals surface area contributed by atoms with E-state index >= 15 is 0 Å². The first-order valence-corrected chi connectivity index (χ1v) is 6.06. The molecule has 0 aliphatic carbocycles. The molecule has 0 aromatic carbocycles. The van der Waals surface area contributed by atoms with Crippen molar-refractivity contribution in [3.8, 4) is 0 Å². The van der Waals surface area contributed by atoms with Gasteiger partial charge in [-0.05, 0) is 50.9 Å². The zero-order valence-corrected chi connectivity index (χ0v) is 10.4. The van der Waals surface area contributed by atoms with Gasteiger partial charge in [0.05, 0.1) is 0 Å². The summed E-state index contributed by atoms with van der Waals surface area (Å²) in [4.78, 5) is 2.48. The molecule has 0 bridgehead atoms. The lowest BCUT2D eigenvalue weighted by Gasteiger charge is -2.22. The summed E-state index contributed by atoms with van der Waals surface area (Å²) >= 11 is 0. The lowest BCUT2D eigenvalue weighted by molar-refractivity contribution is 0.264. The molecule has 0 heterocycles. The van der Waals surface area contributed by atoms with Gasteiger partial charge in [0.15, 0.2) is 0 Å². The smallest absolute Gasteiger partial charge is 0.00159 e. The highest BCUT2D eigenvalue weighted by Gasteiger charge is 2.10. The Balaban J connectivity index is 3.70. The third-order valence-corrected chi connectivity index (χ3v) is 2.89. The molecule has 2 heteroatoms. The summed E-state index contributed by atoms with van der Waals surface area (Å²) < 4.78 is 0. The molecule has 0 radical (unpaired) electrons. The van der Waals surface area contributed by atoms with Crippen molar-refractivity contribution in [1.29, 1.82) is 0 Å². The summed E-state index contributed by atoms with van der Waals surface area (Å²) in [7, 11) is 0. The summed E-state index contributed by atoms with van der Waals surface area (Å²) in [5.74, 6) is 1.50. The molecule has 86 valence electrons. The SMILES string of the molecule is CCN(CC)CCC(CN)CC(C)C.